The zero-order valence-corrected chi connectivity index (χ0v) is 17.6. The molecule has 2 heterocycles. The predicted molar refractivity (Wildman–Crippen MR) is 114 cm³/mol. The van der Waals surface area contributed by atoms with Gasteiger partial charge in [0.25, 0.3) is 0 Å². The van der Waals surface area contributed by atoms with E-state index < -0.39 is 10.0 Å². The molecular formula is C22H23FN4O3S. The summed E-state index contributed by atoms with van der Waals surface area (Å²) in [6.45, 7) is 0.982. The maximum absolute atomic E-state index is 13.3. The highest BCUT2D eigenvalue weighted by molar-refractivity contribution is 7.89. The zero-order chi connectivity index (χ0) is 21.8. The first-order valence-electron chi connectivity index (χ1n) is 10.1. The Morgan fingerprint density at radius 1 is 1.06 bits per heavy atom. The molecule has 1 fully saturated rings. The number of aromatic nitrogens is 2. The van der Waals surface area contributed by atoms with Gasteiger partial charge in [0.05, 0.1) is 11.4 Å². The largest absolute Gasteiger partial charge is 0.309 e. The summed E-state index contributed by atoms with van der Waals surface area (Å²) in [4.78, 5) is 12.9. The van der Waals surface area contributed by atoms with Gasteiger partial charge >= 0.3 is 0 Å². The summed E-state index contributed by atoms with van der Waals surface area (Å²) in [5.41, 5.74) is 0.771. The fraction of sp³-hybridized carbons (Fsp3) is 0.273. The van der Waals surface area contributed by atoms with Gasteiger partial charge in [-0.1, -0.05) is 30.3 Å². The molecule has 7 nitrogen and oxygen atoms in total. The fourth-order valence-corrected chi connectivity index (χ4v) is 5.16. The first kappa shape index (κ1) is 21.2. The van der Waals surface area contributed by atoms with Gasteiger partial charge in [-0.05, 0) is 42.7 Å². The molecule has 1 aliphatic rings. The second-order valence-corrected chi connectivity index (χ2v) is 9.45. The molecule has 1 N–H and O–H groups in total. The van der Waals surface area contributed by atoms with Gasteiger partial charge in [0.1, 0.15) is 5.82 Å². The number of sulfonamides is 1. The topological polar surface area (TPSA) is 84.3 Å². The summed E-state index contributed by atoms with van der Waals surface area (Å²) >= 11 is 0. The molecule has 1 saturated heterocycles. The molecule has 3 aromatic rings. The molecule has 0 bridgehead atoms. The number of piperidine rings is 1. The lowest BCUT2D eigenvalue weighted by Gasteiger charge is -2.30. The van der Waals surface area contributed by atoms with Crippen LogP contribution < -0.4 is 5.32 Å². The van der Waals surface area contributed by atoms with Crippen LogP contribution in [0.2, 0.25) is 0 Å². The van der Waals surface area contributed by atoms with E-state index >= 15 is 0 Å². The summed E-state index contributed by atoms with van der Waals surface area (Å²) in [6, 6.07) is 16.3. The van der Waals surface area contributed by atoms with Crippen LogP contribution in [0.3, 0.4) is 0 Å². The number of nitrogens with zero attached hydrogens (tertiary/aromatic N) is 3. The maximum Gasteiger partial charge on any atom is 0.243 e. The van der Waals surface area contributed by atoms with E-state index in [0.717, 1.165) is 5.56 Å². The number of halogens is 1. The molecule has 0 unspecified atom stereocenters. The number of benzene rings is 2. The van der Waals surface area contributed by atoms with Crippen molar-refractivity contribution in [1.29, 1.82) is 0 Å². The minimum Gasteiger partial charge on any atom is -0.309 e. The van der Waals surface area contributed by atoms with Gasteiger partial charge in [-0.2, -0.15) is 9.40 Å². The number of nitrogens with one attached hydrogen (secondary N) is 1. The average molecular weight is 443 g/mol. The average Bonchev–Trinajstić information content (AvgIpc) is 3.21. The van der Waals surface area contributed by atoms with Crippen molar-refractivity contribution in [2.75, 3.05) is 18.4 Å². The van der Waals surface area contributed by atoms with Crippen LogP contribution in [0.15, 0.2) is 71.8 Å². The van der Waals surface area contributed by atoms with Crippen LogP contribution in [0.1, 0.15) is 18.4 Å². The summed E-state index contributed by atoms with van der Waals surface area (Å²) < 4.78 is 41.8. The third-order valence-corrected chi connectivity index (χ3v) is 7.24. The third-order valence-electron chi connectivity index (χ3n) is 5.33. The van der Waals surface area contributed by atoms with Gasteiger partial charge in [-0.25, -0.2) is 12.8 Å². The first-order valence-corrected chi connectivity index (χ1v) is 11.5. The number of carbonyl (C=O) groups excluding carboxylic acids is 1. The van der Waals surface area contributed by atoms with E-state index in [1.807, 2.05) is 0 Å². The van der Waals surface area contributed by atoms with Crippen molar-refractivity contribution < 1.29 is 17.6 Å². The van der Waals surface area contributed by atoms with Crippen LogP contribution >= 0.6 is 0 Å². The molecule has 0 saturated carbocycles. The van der Waals surface area contributed by atoms with Crippen molar-refractivity contribution in [3.05, 3.63) is 78.2 Å². The van der Waals surface area contributed by atoms with Gasteiger partial charge in [-0.3, -0.25) is 9.48 Å². The van der Waals surface area contributed by atoms with E-state index in [4.69, 9.17) is 0 Å². The second kappa shape index (κ2) is 8.99. The highest BCUT2D eigenvalue weighted by atomic mass is 32.2. The zero-order valence-electron chi connectivity index (χ0n) is 16.8. The lowest BCUT2D eigenvalue weighted by Crippen LogP contribution is -2.41. The van der Waals surface area contributed by atoms with Gasteiger partial charge in [0.2, 0.25) is 15.9 Å². The highest BCUT2D eigenvalue weighted by Crippen LogP contribution is 2.24. The van der Waals surface area contributed by atoms with Crippen molar-refractivity contribution in [3.8, 4) is 0 Å². The molecule has 0 atom stereocenters. The predicted octanol–water partition coefficient (Wildman–Crippen LogP) is 3.11. The molecule has 0 aliphatic carbocycles. The Morgan fingerprint density at radius 2 is 1.81 bits per heavy atom. The van der Waals surface area contributed by atoms with Crippen LogP contribution in [-0.2, 0) is 21.4 Å². The minimum atomic E-state index is -3.54. The molecule has 0 radical (unpaired) electrons. The Labute approximate surface area is 180 Å². The van der Waals surface area contributed by atoms with Crippen LogP contribution in [0, 0.1) is 11.7 Å². The molecular weight excluding hydrogens is 419 g/mol. The number of rotatable bonds is 6. The quantitative estimate of drug-likeness (QED) is 0.636. The van der Waals surface area contributed by atoms with Gasteiger partial charge in [0.15, 0.2) is 5.82 Å². The van der Waals surface area contributed by atoms with Crippen LogP contribution in [0.4, 0.5) is 10.2 Å². The van der Waals surface area contributed by atoms with E-state index in [0.29, 0.717) is 38.3 Å². The Balaban J connectivity index is 1.32. The standard InChI is InChI=1S/C22H23FN4O3S/c23-19-6-4-5-17(15-19)16-26-12-11-21(25-26)24-22(28)18-9-13-27(14-10-18)31(29,30)20-7-2-1-3-8-20/h1-8,11-12,15,18H,9-10,13-14,16H2,(H,24,25,28). The van der Waals surface area contributed by atoms with E-state index in [9.17, 15) is 17.6 Å². The molecule has 0 spiro atoms. The molecule has 1 amide bonds. The van der Waals surface area contributed by atoms with Crippen molar-refractivity contribution in [1.82, 2.24) is 14.1 Å². The van der Waals surface area contributed by atoms with E-state index in [1.54, 1.807) is 59.4 Å². The van der Waals surface area contributed by atoms with Crippen LogP contribution in [0.25, 0.3) is 0 Å². The van der Waals surface area contributed by atoms with Crippen LogP contribution in [0.5, 0.6) is 0 Å². The lowest BCUT2D eigenvalue weighted by molar-refractivity contribution is -0.120. The lowest BCUT2D eigenvalue weighted by atomic mass is 9.97. The summed E-state index contributed by atoms with van der Waals surface area (Å²) in [5, 5.41) is 7.12. The number of hydrogen-bond donors (Lipinski definition) is 1. The smallest absolute Gasteiger partial charge is 0.243 e. The van der Waals surface area contributed by atoms with E-state index in [2.05, 4.69) is 10.4 Å². The Morgan fingerprint density at radius 3 is 2.52 bits per heavy atom. The number of anilines is 1. The molecule has 162 valence electrons. The number of carbonyl (C=O) groups is 1. The normalized spacial score (nSPS) is 15.6. The van der Waals surface area contributed by atoms with Crippen molar-refractivity contribution in [2.45, 2.75) is 24.3 Å². The minimum absolute atomic E-state index is 0.173. The first-order chi connectivity index (χ1) is 14.9. The van der Waals surface area contributed by atoms with Gasteiger partial charge in [0, 0.05) is 31.3 Å². The Kier molecular flexibility index (Phi) is 6.15. The third kappa shape index (κ3) is 5.00. The number of amides is 1. The van der Waals surface area contributed by atoms with E-state index in [1.165, 1.54) is 16.4 Å². The van der Waals surface area contributed by atoms with Crippen molar-refractivity contribution in [2.24, 2.45) is 5.92 Å². The molecule has 2 aromatic carbocycles. The van der Waals surface area contributed by atoms with Gasteiger partial charge in [-0.15, -0.1) is 0 Å². The molecule has 4 rings (SSSR count). The fourth-order valence-electron chi connectivity index (χ4n) is 3.67. The molecule has 9 heteroatoms. The Bertz CT molecular complexity index is 1160. The summed E-state index contributed by atoms with van der Waals surface area (Å²) in [5.74, 6) is -0.345. The molecule has 1 aromatic heterocycles. The summed E-state index contributed by atoms with van der Waals surface area (Å²) in [6.07, 6.45) is 2.61. The summed E-state index contributed by atoms with van der Waals surface area (Å²) in [7, 11) is -3.54. The molecule has 1 aliphatic heterocycles. The monoisotopic (exact) mass is 442 g/mol. The Hall–Kier alpha value is -3.04. The van der Waals surface area contributed by atoms with Gasteiger partial charge < -0.3 is 5.32 Å². The van der Waals surface area contributed by atoms with Crippen LogP contribution in [-0.4, -0.2) is 41.5 Å². The van der Waals surface area contributed by atoms with Crippen molar-refractivity contribution >= 4 is 21.7 Å². The van der Waals surface area contributed by atoms with Crippen molar-refractivity contribution in [3.63, 3.8) is 0 Å². The van der Waals surface area contributed by atoms with E-state index in [-0.39, 0.29) is 22.5 Å². The number of hydrogen-bond acceptors (Lipinski definition) is 4. The SMILES string of the molecule is O=C(Nc1ccn(Cc2cccc(F)c2)n1)C1CCN(S(=O)(=O)c2ccccc2)CC1. The maximum atomic E-state index is 13.3. The second-order valence-electron chi connectivity index (χ2n) is 7.51. The highest BCUT2D eigenvalue weighted by Gasteiger charge is 2.32. The molecule has 31 heavy (non-hydrogen) atoms.